The summed E-state index contributed by atoms with van der Waals surface area (Å²) in [5.74, 6) is 0. The Morgan fingerprint density at radius 1 is 1.12 bits per heavy atom. The van der Waals surface area contributed by atoms with E-state index in [0.29, 0.717) is 5.56 Å². The van der Waals surface area contributed by atoms with Crippen molar-refractivity contribution in [3.63, 3.8) is 0 Å². The van der Waals surface area contributed by atoms with E-state index >= 15 is 0 Å². The van der Waals surface area contributed by atoms with Crippen molar-refractivity contribution in [1.29, 1.82) is 0 Å². The van der Waals surface area contributed by atoms with Gasteiger partial charge in [0.2, 0.25) is 0 Å². The number of nitrogens with zero attached hydrogens (tertiary/aromatic N) is 3. The van der Waals surface area contributed by atoms with E-state index in [4.69, 9.17) is 23.8 Å². The molecule has 0 radical (unpaired) electrons. The van der Waals surface area contributed by atoms with E-state index in [0.717, 1.165) is 0 Å². The molecule has 2 aromatic rings. The fraction of sp³-hybridized carbons (Fsp3) is 0. The van der Waals surface area contributed by atoms with Crippen LogP contribution in [0.25, 0.3) is 0 Å². The molecule has 9 nitrogen and oxygen atoms in total. The van der Waals surface area contributed by atoms with Crippen LogP contribution in [0.3, 0.4) is 0 Å². The van der Waals surface area contributed by atoms with E-state index in [1.807, 2.05) is 0 Å². The fourth-order valence-electron chi connectivity index (χ4n) is 1.80. The molecule has 0 bridgehead atoms. The fourth-order valence-corrected chi connectivity index (χ4v) is 2.15. The van der Waals surface area contributed by atoms with Crippen LogP contribution in [-0.2, 0) is 0 Å². The molecule has 2 rings (SSSR count). The van der Waals surface area contributed by atoms with E-state index in [2.05, 4.69) is 15.8 Å². The van der Waals surface area contributed by atoms with E-state index in [-0.39, 0.29) is 27.2 Å². The number of nitro groups is 2. The van der Waals surface area contributed by atoms with Gasteiger partial charge in [0.1, 0.15) is 10.7 Å². The molecule has 0 heterocycles. The van der Waals surface area contributed by atoms with Crippen LogP contribution in [0.5, 0.6) is 0 Å². The van der Waals surface area contributed by atoms with Crippen LogP contribution in [0.2, 0.25) is 5.02 Å². The molecule has 0 saturated carbocycles. The molecule has 2 aromatic carbocycles. The number of hydrogen-bond acceptors (Lipinski definition) is 6. The zero-order chi connectivity index (χ0) is 18.4. The summed E-state index contributed by atoms with van der Waals surface area (Å²) in [6.07, 6.45) is 1.30. The van der Waals surface area contributed by atoms with Gasteiger partial charge in [-0.1, -0.05) is 29.8 Å². The Hall–Kier alpha value is -3.11. The van der Waals surface area contributed by atoms with Crippen molar-refractivity contribution in [2.75, 3.05) is 5.32 Å². The summed E-state index contributed by atoms with van der Waals surface area (Å²) in [4.78, 5) is 20.6. The number of hydrazone groups is 1. The Kier molecular flexibility index (Phi) is 5.93. The summed E-state index contributed by atoms with van der Waals surface area (Å²) < 4.78 is 0. The largest absolute Gasteiger partial charge is 0.326 e. The van der Waals surface area contributed by atoms with Crippen molar-refractivity contribution in [3.8, 4) is 0 Å². The Balaban J connectivity index is 2.03. The van der Waals surface area contributed by atoms with Crippen LogP contribution in [0.4, 0.5) is 17.1 Å². The minimum absolute atomic E-state index is 0.0173. The van der Waals surface area contributed by atoms with Gasteiger partial charge in [-0.3, -0.25) is 25.7 Å². The van der Waals surface area contributed by atoms with Crippen LogP contribution < -0.4 is 10.7 Å². The highest BCUT2D eigenvalue weighted by molar-refractivity contribution is 7.80. The molecular weight excluding hydrogens is 370 g/mol. The SMILES string of the molecule is O=[N+]([O-])c1cc(/C=N\NC(=S)Nc2ccccc2[N+](=O)[O-])ccc1Cl. The molecule has 25 heavy (non-hydrogen) atoms. The molecule has 0 aliphatic carbocycles. The smallest absolute Gasteiger partial charge is 0.292 e. The summed E-state index contributed by atoms with van der Waals surface area (Å²) in [6, 6.07) is 10.2. The van der Waals surface area contributed by atoms with Crippen molar-refractivity contribution in [3.05, 3.63) is 73.3 Å². The second kappa shape index (κ2) is 8.13. The molecule has 0 fully saturated rings. The predicted octanol–water partition coefficient (Wildman–Crippen LogP) is 3.48. The third-order valence-electron chi connectivity index (χ3n) is 2.90. The molecule has 2 N–H and O–H groups in total. The number of anilines is 1. The van der Waals surface area contributed by atoms with Crippen LogP contribution in [0.15, 0.2) is 47.6 Å². The molecule has 0 saturated heterocycles. The molecular formula is C14H10ClN5O4S. The number of para-hydroxylation sites is 2. The van der Waals surface area contributed by atoms with Gasteiger partial charge in [-0.25, -0.2) is 0 Å². The molecule has 128 valence electrons. The molecule has 0 unspecified atom stereocenters. The minimum atomic E-state index is -0.603. The standard InChI is InChI=1S/C14H10ClN5O4S/c15-10-6-5-9(7-13(10)20(23)24)8-16-18-14(25)17-11-3-1-2-4-12(11)19(21)22/h1-8H,(H2,17,18,25)/b16-8-. The van der Waals surface area contributed by atoms with Crippen LogP contribution in [0, 0.1) is 20.2 Å². The number of rotatable bonds is 5. The first-order chi connectivity index (χ1) is 11.9. The van der Waals surface area contributed by atoms with Gasteiger partial charge in [0.15, 0.2) is 5.11 Å². The highest BCUT2D eigenvalue weighted by atomic mass is 35.5. The van der Waals surface area contributed by atoms with Crippen molar-refractivity contribution >= 4 is 52.2 Å². The van der Waals surface area contributed by atoms with Gasteiger partial charge in [-0.2, -0.15) is 5.10 Å². The minimum Gasteiger partial charge on any atom is -0.326 e. The maximum absolute atomic E-state index is 10.9. The highest BCUT2D eigenvalue weighted by Crippen LogP contribution is 2.24. The molecule has 0 spiro atoms. The molecule has 0 atom stereocenters. The van der Waals surface area contributed by atoms with Gasteiger partial charge < -0.3 is 5.32 Å². The third kappa shape index (κ3) is 4.93. The Morgan fingerprint density at radius 3 is 2.48 bits per heavy atom. The van der Waals surface area contributed by atoms with E-state index in [9.17, 15) is 20.2 Å². The van der Waals surface area contributed by atoms with Crippen molar-refractivity contribution in [1.82, 2.24) is 5.43 Å². The molecule has 11 heteroatoms. The van der Waals surface area contributed by atoms with E-state index in [1.54, 1.807) is 12.1 Å². The number of nitro benzene ring substituents is 2. The highest BCUT2D eigenvalue weighted by Gasteiger charge is 2.13. The maximum atomic E-state index is 10.9. The summed E-state index contributed by atoms with van der Waals surface area (Å²) in [5.41, 5.74) is 2.73. The Bertz CT molecular complexity index is 874. The van der Waals surface area contributed by atoms with Gasteiger partial charge in [-0.15, -0.1) is 0 Å². The van der Waals surface area contributed by atoms with Crippen LogP contribution >= 0.6 is 23.8 Å². The molecule has 0 aliphatic heterocycles. The van der Waals surface area contributed by atoms with E-state index in [1.165, 1.54) is 36.5 Å². The van der Waals surface area contributed by atoms with E-state index < -0.39 is 9.85 Å². The van der Waals surface area contributed by atoms with Gasteiger partial charge in [0, 0.05) is 17.7 Å². The molecule has 0 amide bonds. The Morgan fingerprint density at radius 2 is 1.80 bits per heavy atom. The quantitative estimate of drug-likeness (QED) is 0.353. The number of benzene rings is 2. The number of hydrogen-bond donors (Lipinski definition) is 2. The summed E-state index contributed by atoms with van der Waals surface area (Å²) in [5, 5.41) is 28.3. The summed E-state index contributed by atoms with van der Waals surface area (Å²) in [7, 11) is 0. The average molecular weight is 380 g/mol. The number of nitrogens with one attached hydrogen (secondary N) is 2. The number of halogens is 1. The Labute approximate surface area is 151 Å². The van der Waals surface area contributed by atoms with Gasteiger partial charge in [-0.05, 0) is 24.4 Å². The molecule has 0 aliphatic rings. The lowest BCUT2D eigenvalue weighted by atomic mass is 10.2. The second-order valence-electron chi connectivity index (χ2n) is 4.57. The van der Waals surface area contributed by atoms with Crippen molar-refractivity contribution < 1.29 is 9.85 Å². The van der Waals surface area contributed by atoms with Gasteiger partial charge in [0.25, 0.3) is 11.4 Å². The average Bonchev–Trinajstić information content (AvgIpc) is 2.56. The normalized spacial score (nSPS) is 10.4. The van der Waals surface area contributed by atoms with Gasteiger partial charge >= 0.3 is 0 Å². The lowest BCUT2D eigenvalue weighted by Gasteiger charge is -2.07. The maximum Gasteiger partial charge on any atom is 0.292 e. The molecule has 0 aromatic heterocycles. The first-order valence-electron chi connectivity index (χ1n) is 6.66. The number of thiocarbonyl (C=S) groups is 1. The van der Waals surface area contributed by atoms with Gasteiger partial charge in [0.05, 0.1) is 16.1 Å². The third-order valence-corrected chi connectivity index (χ3v) is 3.41. The first-order valence-corrected chi connectivity index (χ1v) is 7.44. The summed E-state index contributed by atoms with van der Waals surface area (Å²) >= 11 is 10.7. The van der Waals surface area contributed by atoms with Crippen LogP contribution in [-0.4, -0.2) is 21.2 Å². The zero-order valence-corrected chi connectivity index (χ0v) is 14.0. The lowest BCUT2D eigenvalue weighted by molar-refractivity contribution is -0.384. The van der Waals surface area contributed by atoms with Crippen molar-refractivity contribution in [2.45, 2.75) is 0 Å². The van der Waals surface area contributed by atoms with Crippen molar-refractivity contribution in [2.24, 2.45) is 5.10 Å². The lowest BCUT2D eigenvalue weighted by Crippen LogP contribution is -2.24. The van der Waals surface area contributed by atoms with Crippen LogP contribution in [0.1, 0.15) is 5.56 Å². The first kappa shape index (κ1) is 18.2. The topological polar surface area (TPSA) is 123 Å². The summed E-state index contributed by atoms with van der Waals surface area (Å²) in [6.45, 7) is 0. The predicted molar refractivity (Wildman–Crippen MR) is 98.2 cm³/mol. The monoisotopic (exact) mass is 379 g/mol. The second-order valence-corrected chi connectivity index (χ2v) is 5.38. The zero-order valence-electron chi connectivity index (χ0n) is 12.4.